The number of nitrogens with one attached hydrogen (secondary N) is 1. The molecule has 4 heteroatoms. The average Bonchev–Trinajstić information content (AvgIpc) is 2.35. The Bertz CT molecular complexity index is 187. The molecular formula is C9H17NO3. The van der Waals surface area contributed by atoms with Crippen LogP contribution in [0.3, 0.4) is 0 Å². The first-order valence-corrected chi connectivity index (χ1v) is 4.77. The highest BCUT2D eigenvalue weighted by atomic mass is 16.8. The fourth-order valence-corrected chi connectivity index (χ4v) is 2.04. The van der Waals surface area contributed by atoms with E-state index >= 15 is 0 Å². The van der Waals surface area contributed by atoms with Crippen LogP contribution in [0, 0.1) is 0 Å². The number of aliphatic hydroxyl groups excluding tert-OH is 1. The summed E-state index contributed by atoms with van der Waals surface area (Å²) in [5, 5.41) is 12.8. The molecule has 13 heavy (non-hydrogen) atoms. The third-order valence-corrected chi connectivity index (χ3v) is 2.68. The van der Waals surface area contributed by atoms with Gasteiger partial charge >= 0.3 is 0 Å². The van der Waals surface area contributed by atoms with Crippen molar-refractivity contribution in [1.82, 2.24) is 5.32 Å². The summed E-state index contributed by atoms with van der Waals surface area (Å²) >= 11 is 0. The highest BCUT2D eigenvalue weighted by Gasteiger charge is 2.49. The molecule has 0 saturated carbocycles. The molecule has 0 aliphatic carbocycles. The molecule has 0 spiro atoms. The highest BCUT2D eigenvalue weighted by molar-refractivity contribution is 4.96. The molecule has 2 heterocycles. The van der Waals surface area contributed by atoms with Crippen LogP contribution in [-0.2, 0) is 9.47 Å². The maximum absolute atomic E-state index is 9.66. The molecule has 0 aromatic rings. The van der Waals surface area contributed by atoms with E-state index < -0.39 is 11.9 Å². The second-order valence-electron chi connectivity index (χ2n) is 4.33. The van der Waals surface area contributed by atoms with Crippen LogP contribution < -0.4 is 5.32 Å². The lowest BCUT2D eigenvalue weighted by atomic mass is 9.98. The summed E-state index contributed by atoms with van der Waals surface area (Å²) in [6, 6.07) is 0.246. The van der Waals surface area contributed by atoms with E-state index in [0.29, 0.717) is 6.54 Å². The van der Waals surface area contributed by atoms with Crippen LogP contribution in [0.25, 0.3) is 0 Å². The monoisotopic (exact) mass is 187 g/mol. The average molecular weight is 187 g/mol. The molecule has 0 aromatic heterocycles. The summed E-state index contributed by atoms with van der Waals surface area (Å²) in [6.45, 7) is 6.39. The SMILES string of the molecule is C[C@@H]1NC[C@@H](O)[C@H]2OC(C)(C)O[C@@H]21. The van der Waals surface area contributed by atoms with Crippen molar-refractivity contribution in [3.8, 4) is 0 Å². The smallest absolute Gasteiger partial charge is 0.163 e. The van der Waals surface area contributed by atoms with Crippen LogP contribution in [0.5, 0.6) is 0 Å². The van der Waals surface area contributed by atoms with Crippen LogP contribution in [0.15, 0.2) is 0 Å². The molecule has 0 radical (unpaired) electrons. The normalized spacial score (nSPS) is 48.9. The predicted octanol–water partition coefficient (Wildman–Crippen LogP) is -0.141. The molecule has 2 aliphatic rings. The predicted molar refractivity (Wildman–Crippen MR) is 47.3 cm³/mol. The zero-order valence-electron chi connectivity index (χ0n) is 8.28. The summed E-state index contributed by atoms with van der Waals surface area (Å²) in [5.74, 6) is -0.559. The molecule has 2 rings (SSSR count). The molecule has 2 saturated heterocycles. The fraction of sp³-hybridized carbons (Fsp3) is 1.00. The van der Waals surface area contributed by atoms with Crippen molar-refractivity contribution in [3.63, 3.8) is 0 Å². The Labute approximate surface area is 78.2 Å². The number of aliphatic hydroxyl groups is 1. The molecule has 0 bridgehead atoms. The molecular weight excluding hydrogens is 170 g/mol. The van der Waals surface area contributed by atoms with E-state index in [4.69, 9.17) is 9.47 Å². The van der Waals surface area contributed by atoms with Gasteiger partial charge in [-0.2, -0.15) is 0 Å². The van der Waals surface area contributed by atoms with E-state index in [0.717, 1.165) is 0 Å². The van der Waals surface area contributed by atoms with Gasteiger partial charge in [-0.1, -0.05) is 0 Å². The van der Waals surface area contributed by atoms with E-state index in [2.05, 4.69) is 5.32 Å². The number of rotatable bonds is 0. The number of β-amino-alcohol motifs (C(OH)–C–C–N with tert-alkyl or cyclic N) is 1. The molecule has 0 amide bonds. The van der Waals surface area contributed by atoms with Crippen molar-refractivity contribution in [2.24, 2.45) is 0 Å². The van der Waals surface area contributed by atoms with E-state index in [-0.39, 0.29) is 18.2 Å². The van der Waals surface area contributed by atoms with Crippen LogP contribution >= 0.6 is 0 Å². The molecule has 4 atom stereocenters. The molecule has 2 N–H and O–H groups in total. The van der Waals surface area contributed by atoms with E-state index in [1.165, 1.54) is 0 Å². The number of hydrogen-bond acceptors (Lipinski definition) is 4. The fourth-order valence-electron chi connectivity index (χ4n) is 2.04. The number of hydrogen-bond donors (Lipinski definition) is 2. The van der Waals surface area contributed by atoms with Crippen molar-refractivity contribution in [2.45, 2.75) is 50.9 Å². The Balaban J connectivity index is 2.14. The van der Waals surface area contributed by atoms with E-state index in [9.17, 15) is 5.11 Å². The largest absolute Gasteiger partial charge is 0.389 e. The van der Waals surface area contributed by atoms with Gasteiger partial charge in [0.15, 0.2) is 5.79 Å². The van der Waals surface area contributed by atoms with Crippen molar-refractivity contribution in [2.75, 3.05) is 6.54 Å². The molecule has 0 unspecified atom stereocenters. The lowest BCUT2D eigenvalue weighted by molar-refractivity contribution is -0.153. The Morgan fingerprint density at radius 1 is 1.31 bits per heavy atom. The van der Waals surface area contributed by atoms with Gasteiger partial charge in [-0.25, -0.2) is 0 Å². The lowest BCUT2D eigenvalue weighted by Crippen LogP contribution is -2.57. The van der Waals surface area contributed by atoms with Gasteiger partial charge in [0, 0.05) is 12.6 Å². The second kappa shape index (κ2) is 2.92. The standard InChI is InChI=1S/C9H17NO3/c1-5-7-8(6(11)4-10-5)13-9(2,3)12-7/h5-8,10-11H,4H2,1-3H3/t5-,6+,7+,8+/m0/s1. The van der Waals surface area contributed by atoms with Gasteiger partial charge in [0.1, 0.15) is 12.2 Å². The first kappa shape index (κ1) is 9.40. The van der Waals surface area contributed by atoms with Crippen LogP contribution in [0.2, 0.25) is 0 Å². The molecule has 2 aliphatic heterocycles. The summed E-state index contributed by atoms with van der Waals surface area (Å²) in [7, 11) is 0. The van der Waals surface area contributed by atoms with Gasteiger partial charge in [0.05, 0.1) is 6.10 Å². The number of ether oxygens (including phenoxy) is 2. The third kappa shape index (κ3) is 1.59. The Kier molecular flexibility index (Phi) is 2.11. The summed E-state index contributed by atoms with van der Waals surface area (Å²) < 4.78 is 11.3. The van der Waals surface area contributed by atoms with Crippen molar-refractivity contribution in [3.05, 3.63) is 0 Å². The van der Waals surface area contributed by atoms with Crippen molar-refractivity contribution < 1.29 is 14.6 Å². The molecule has 0 aromatic carbocycles. The number of fused-ring (bicyclic) bond motifs is 1. The summed E-state index contributed by atoms with van der Waals surface area (Å²) in [5.41, 5.74) is 0. The Morgan fingerprint density at radius 3 is 2.54 bits per heavy atom. The highest BCUT2D eigenvalue weighted by Crippen LogP contribution is 2.33. The number of piperidine rings is 1. The first-order valence-electron chi connectivity index (χ1n) is 4.77. The van der Waals surface area contributed by atoms with Gasteiger partial charge in [0.25, 0.3) is 0 Å². The molecule has 2 fully saturated rings. The Hall–Kier alpha value is -0.160. The lowest BCUT2D eigenvalue weighted by Gasteiger charge is -2.33. The van der Waals surface area contributed by atoms with Gasteiger partial charge in [-0.3, -0.25) is 0 Å². The zero-order chi connectivity index (χ0) is 9.64. The molecule has 4 nitrogen and oxygen atoms in total. The molecule has 76 valence electrons. The third-order valence-electron chi connectivity index (χ3n) is 2.68. The van der Waals surface area contributed by atoms with E-state index in [1.807, 2.05) is 20.8 Å². The van der Waals surface area contributed by atoms with Crippen LogP contribution in [0.1, 0.15) is 20.8 Å². The topological polar surface area (TPSA) is 50.7 Å². The quantitative estimate of drug-likeness (QED) is 0.554. The first-order chi connectivity index (χ1) is 5.99. The van der Waals surface area contributed by atoms with Crippen LogP contribution in [0.4, 0.5) is 0 Å². The Morgan fingerprint density at radius 2 is 1.92 bits per heavy atom. The second-order valence-corrected chi connectivity index (χ2v) is 4.33. The zero-order valence-corrected chi connectivity index (χ0v) is 8.28. The van der Waals surface area contributed by atoms with E-state index in [1.54, 1.807) is 0 Å². The minimum Gasteiger partial charge on any atom is -0.389 e. The minimum absolute atomic E-state index is 0.0289. The van der Waals surface area contributed by atoms with Crippen molar-refractivity contribution in [1.29, 1.82) is 0 Å². The van der Waals surface area contributed by atoms with Gasteiger partial charge < -0.3 is 19.9 Å². The maximum atomic E-state index is 9.66. The maximum Gasteiger partial charge on any atom is 0.163 e. The van der Waals surface area contributed by atoms with Gasteiger partial charge in [-0.05, 0) is 20.8 Å². The van der Waals surface area contributed by atoms with Gasteiger partial charge in [-0.15, -0.1) is 0 Å². The summed E-state index contributed by atoms with van der Waals surface area (Å²) in [6.07, 6.45) is -0.659. The minimum atomic E-state index is -0.559. The van der Waals surface area contributed by atoms with Crippen LogP contribution in [-0.4, -0.2) is 41.8 Å². The summed E-state index contributed by atoms with van der Waals surface area (Å²) in [4.78, 5) is 0. The van der Waals surface area contributed by atoms with Crippen molar-refractivity contribution >= 4 is 0 Å². The van der Waals surface area contributed by atoms with Gasteiger partial charge in [0.2, 0.25) is 0 Å².